The number of ketones is 1. The van der Waals surface area contributed by atoms with Gasteiger partial charge in [-0.25, -0.2) is 0 Å². The molecule has 2 aliphatic rings. The van der Waals surface area contributed by atoms with E-state index in [1.165, 1.54) is 6.08 Å². The van der Waals surface area contributed by atoms with E-state index in [0.717, 1.165) is 30.4 Å². The number of hydrogen-bond donors (Lipinski definition) is 1. The van der Waals surface area contributed by atoms with Crippen molar-refractivity contribution in [3.63, 3.8) is 0 Å². The van der Waals surface area contributed by atoms with E-state index in [2.05, 4.69) is 5.32 Å². The summed E-state index contributed by atoms with van der Waals surface area (Å²) in [5, 5.41) is 3.75. The van der Waals surface area contributed by atoms with Crippen LogP contribution in [-0.4, -0.2) is 23.1 Å². The third-order valence-corrected chi connectivity index (χ3v) is 6.83. The normalized spacial score (nSPS) is 29.3. The summed E-state index contributed by atoms with van der Waals surface area (Å²) in [6.07, 6.45) is 5.71. The summed E-state index contributed by atoms with van der Waals surface area (Å²) in [5.41, 5.74) is 1.78. The number of hydrogen-bond acceptors (Lipinski definition) is 2. The molecule has 5 atom stereocenters. The monoisotopic (exact) mass is 427 g/mol. The molecule has 5 heteroatoms. The van der Waals surface area contributed by atoms with E-state index in [9.17, 15) is 9.59 Å². The summed E-state index contributed by atoms with van der Waals surface area (Å²) >= 11 is 12.7. The number of carbonyl (C=O) groups is 2. The number of fused-ring (bicyclic) bond motifs is 1. The van der Waals surface area contributed by atoms with Gasteiger partial charge in [0.05, 0.1) is 0 Å². The molecule has 1 aliphatic carbocycles. The third kappa shape index (κ3) is 4.26. The van der Waals surface area contributed by atoms with Gasteiger partial charge in [-0.15, -0.1) is 11.6 Å². The Morgan fingerprint density at radius 3 is 2.52 bits per heavy atom. The number of nitrogens with one attached hydrogen (secondary N) is 1. The van der Waals surface area contributed by atoms with Crippen LogP contribution in [0.3, 0.4) is 0 Å². The Morgan fingerprint density at radius 2 is 1.76 bits per heavy atom. The molecule has 0 spiro atoms. The molecule has 2 fully saturated rings. The number of benzene rings is 2. The Balaban J connectivity index is 1.68. The van der Waals surface area contributed by atoms with Gasteiger partial charge in [0.25, 0.3) is 0 Å². The molecule has 1 amide bonds. The Kier molecular flexibility index (Phi) is 6.07. The second kappa shape index (κ2) is 8.73. The predicted molar refractivity (Wildman–Crippen MR) is 117 cm³/mol. The van der Waals surface area contributed by atoms with Crippen LogP contribution < -0.4 is 5.32 Å². The molecule has 1 saturated heterocycles. The van der Waals surface area contributed by atoms with Crippen LogP contribution in [0.25, 0.3) is 6.08 Å². The first-order valence-corrected chi connectivity index (χ1v) is 10.8. The molecule has 2 aromatic carbocycles. The molecule has 1 saturated carbocycles. The molecule has 29 heavy (non-hydrogen) atoms. The highest BCUT2D eigenvalue weighted by atomic mass is 35.5. The number of carbonyl (C=O) groups excluding carboxylic acids is 2. The number of amides is 1. The van der Waals surface area contributed by atoms with Gasteiger partial charge in [-0.05, 0) is 54.5 Å². The van der Waals surface area contributed by atoms with Crippen LogP contribution >= 0.6 is 23.2 Å². The highest BCUT2D eigenvalue weighted by Gasteiger charge is 2.48. The first-order valence-electron chi connectivity index (χ1n) is 10.0. The maximum absolute atomic E-state index is 13.2. The number of allylic oxidation sites excluding steroid dienone is 1. The topological polar surface area (TPSA) is 46.2 Å². The van der Waals surface area contributed by atoms with Crippen molar-refractivity contribution in [2.24, 2.45) is 11.8 Å². The molecular formula is C24H23Cl2NO2. The summed E-state index contributed by atoms with van der Waals surface area (Å²) in [4.78, 5) is 26.2. The quantitative estimate of drug-likeness (QED) is 0.412. The highest BCUT2D eigenvalue weighted by Crippen LogP contribution is 2.45. The van der Waals surface area contributed by atoms with E-state index >= 15 is 0 Å². The molecule has 2 aromatic rings. The zero-order valence-corrected chi connectivity index (χ0v) is 17.4. The molecule has 1 aliphatic heterocycles. The smallest absolute Gasteiger partial charge is 0.231 e. The minimum Gasteiger partial charge on any atom is -0.352 e. The molecule has 1 heterocycles. The second-order valence-electron chi connectivity index (χ2n) is 7.86. The molecule has 0 aromatic heterocycles. The van der Waals surface area contributed by atoms with Crippen LogP contribution in [0.15, 0.2) is 60.7 Å². The van der Waals surface area contributed by atoms with Crippen molar-refractivity contribution in [3.8, 4) is 0 Å². The average molecular weight is 428 g/mol. The number of alkyl halides is 1. The lowest BCUT2D eigenvalue weighted by atomic mass is 9.64. The van der Waals surface area contributed by atoms with E-state index in [1.807, 2.05) is 48.5 Å². The molecule has 1 N–H and O–H groups in total. The summed E-state index contributed by atoms with van der Waals surface area (Å²) < 4.78 is 0. The van der Waals surface area contributed by atoms with Crippen LogP contribution in [0, 0.1) is 11.8 Å². The Morgan fingerprint density at radius 1 is 1.03 bits per heavy atom. The molecule has 3 nitrogen and oxygen atoms in total. The van der Waals surface area contributed by atoms with Gasteiger partial charge in [-0.2, -0.15) is 0 Å². The SMILES string of the molecule is O=C(/C=C/c1ccccc1Cl)C1C(=O)NC2CCC(Cl)CC2C1c1ccccc1. The van der Waals surface area contributed by atoms with Crippen molar-refractivity contribution in [1.82, 2.24) is 5.32 Å². The number of piperidine rings is 1. The fourth-order valence-corrected chi connectivity index (χ4v) is 5.25. The predicted octanol–water partition coefficient (Wildman–Crippen LogP) is 5.23. The van der Waals surface area contributed by atoms with Crippen molar-refractivity contribution in [3.05, 3.63) is 76.8 Å². The van der Waals surface area contributed by atoms with Crippen LogP contribution in [-0.2, 0) is 9.59 Å². The largest absolute Gasteiger partial charge is 0.352 e. The lowest BCUT2D eigenvalue weighted by molar-refractivity contribution is -0.137. The fourth-order valence-electron chi connectivity index (χ4n) is 4.72. The van der Waals surface area contributed by atoms with Gasteiger partial charge in [-0.1, -0.05) is 60.1 Å². The molecule has 0 radical (unpaired) electrons. The van der Waals surface area contributed by atoms with Gasteiger partial charge in [0.15, 0.2) is 5.78 Å². The van der Waals surface area contributed by atoms with Crippen LogP contribution in [0.4, 0.5) is 0 Å². The maximum atomic E-state index is 13.2. The minimum atomic E-state index is -0.764. The number of halogens is 2. The van der Waals surface area contributed by atoms with Gasteiger partial charge in [0, 0.05) is 22.4 Å². The van der Waals surface area contributed by atoms with Crippen molar-refractivity contribution in [2.45, 2.75) is 36.6 Å². The van der Waals surface area contributed by atoms with Crippen LogP contribution in [0.2, 0.25) is 5.02 Å². The maximum Gasteiger partial charge on any atom is 0.231 e. The lowest BCUT2D eigenvalue weighted by Crippen LogP contribution is -2.57. The van der Waals surface area contributed by atoms with Gasteiger partial charge in [0.2, 0.25) is 5.91 Å². The Bertz CT molecular complexity index is 927. The Hall–Kier alpha value is -2.10. The Labute approximate surface area is 181 Å². The molecule has 5 unspecified atom stereocenters. The van der Waals surface area contributed by atoms with Gasteiger partial charge in [-0.3, -0.25) is 9.59 Å². The van der Waals surface area contributed by atoms with Gasteiger partial charge < -0.3 is 5.32 Å². The third-order valence-electron chi connectivity index (χ3n) is 6.09. The van der Waals surface area contributed by atoms with Crippen LogP contribution in [0.1, 0.15) is 36.3 Å². The van der Waals surface area contributed by atoms with E-state index in [-0.39, 0.29) is 34.9 Å². The van der Waals surface area contributed by atoms with Crippen molar-refractivity contribution in [1.29, 1.82) is 0 Å². The van der Waals surface area contributed by atoms with Crippen molar-refractivity contribution < 1.29 is 9.59 Å². The first-order chi connectivity index (χ1) is 14.0. The van der Waals surface area contributed by atoms with E-state index in [0.29, 0.717) is 5.02 Å². The second-order valence-corrected chi connectivity index (χ2v) is 8.89. The summed E-state index contributed by atoms with van der Waals surface area (Å²) in [7, 11) is 0. The van der Waals surface area contributed by atoms with E-state index in [4.69, 9.17) is 23.2 Å². The molecule has 150 valence electrons. The average Bonchev–Trinajstić information content (AvgIpc) is 2.73. The fraction of sp³-hybridized carbons (Fsp3) is 0.333. The van der Waals surface area contributed by atoms with Gasteiger partial charge >= 0.3 is 0 Å². The van der Waals surface area contributed by atoms with Crippen molar-refractivity contribution in [2.75, 3.05) is 0 Å². The first kappa shape index (κ1) is 20.2. The standard InChI is InChI=1S/C24H23Cl2NO2/c25-17-11-12-20-18(14-17)22(16-7-2-1-3-8-16)23(24(29)27-20)21(28)13-10-15-6-4-5-9-19(15)26/h1-10,13,17-18,20,22-23H,11-12,14H2,(H,27,29)/b13-10+. The van der Waals surface area contributed by atoms with Gasteiger partial charge in [0.1, 0.15) is 5.92 Å². The van der Waals surface area contributed by atoms with E-state index in [1.54, 1.807) is 12.1 Å². The molecule has 0 bridgehead atoms. The zero-order valence-electron chi connectivity index (χ0n) is 15.9. The minimum absolute atomic E-state index is 0.0688. The number of rotatable bonds is 4. The zero-order chi connectivity index (χ0) is 20.4. The van der Waals surface area contributed by atoms with Crippen LogP contribution in [0.5, 0.6) is 0 Å². The lowest BCUT2D eigenvalue weighted by Gasteiger charge is -2.46. The van der Waals surface area contributed by atoms with E-state index < -0.39 is 5.92 Å². The summed E-state index contributed by atoms with van der Waals surface area (Å²) in [6.45, 7) is 0. The van der Waals surface area contributed by atoms with Crippen molar-refractivity contribution >= 4 is 41.0 Å². The summed E-state index contributed by atoms with van der Waals surface area (Å²) in [5.74, 6) is -1.19. The highest BCUT2D eigenvalue weighted by molar-refractivity contribution is 6.32. The summed E-state index contributed by atoms with van der Waals surface area (Å²) in [6, 6.07) is 17.3. The molecular weight excluding hydrogens is 405 g/mol. The molecule has 4 rings (SSSR count).